The number of hydrogen-bond donors (Lipinski definition) is 1. The molecule has 0 aromatic heterocycles. The Labute approximate surface area is 86.1 Å². The van der Waals surface area contributed by atoms with E-state index in [4.69, 9.17) is 4.12 Å². The van der Waals surface area contributed by atoms with Crippen molar-refractivity contribution in [3.8, 4) is 0 Å². The zero-order chi connectivity index (χ0) is 10.5. The highest BCUT2D eigenvalue weighted by molar-refractivity contribution is 6.84. The van der Waals surface area contributed by atoms with Gasteiger partial charge in [-0.25, -0.2) is 0 Å². The molecular weight excluding hydrogens is 193 g/mol. The first-order valence-electron chi connectivity index (χ1n) is 5.12. The molecule has 0 aliphatic heterocycles. The van der Waals surface area contributed by atoms with Crippen LogP contribution in [0.5, 0.6) is 0 Å². The van der Waals surface area contributed by atoms with Crippen molar-refractivity contribution in [1.82, 2.24) is 5.23 Å². The summed E-state index contributed by atoms with van der Waals surface area (Å²) >= 11 is 0. The van der Waals surface area contributed by atoms with Gasteiger partial charge in [0.1, 0.15) is 0 Å². The lowest BCUT2D eigenvalue weighted by Gasteiger charge is -2.31. The van der Waals surface area contributed by atoms with Crippen molar-refractivity contribution in [1.29, 1.82) is 0 Å². The van der Waals surface area contributed by atoms with Crippen molar-refractivity contribution in [3.05, 3.63) is 0 Å². The molecule has 0 spiro atoms. The SMILES string of the molecule is BNCCC[Si](C)(C)O[Si](C)(C)C. The highest BCUT2D eigenvalue weighted by Gasteiger charge is 2.28. The first kappa shape index (κ1) is 13.4. The fourth-order valence-corrected chi connectivity index (χ4v) is 9.64. The lowest BCUT2D eigenvalue weighted by atomic mass is 10.4. The monoisotopic (exact) mass is 217 g/mol. The maximum Gasteiger partial charge on any atom is 0.181 e. The third-order valence-electron chi connectivity index (χ3n) is 1.79. The molecule has 0 saturated carbocycles. The summed E-state index contributed by atoms with van der Waals surface area (Å²) in [7, 11) is -0.658. The molecule has 0 heterocycles. The standard InChI is InChI=1S/C8H24BNOSi2/c1-12(2,3)11-13(4,5)8-6-7-10-9/h10H,6-9H2,1-5H3. The van der Waals surface area contributed by atoms with Crippen molar-refractivity contribution in [3.63, 3.8) is 0 Å². The summed E-state index contributed by atoms with van der Waals surface area (Å²) < 4.78 is 6.22. The minimum absolute atomic E-state index is 1.12. The van der Waals surface area contributed by atoms with Gasteiger partial charge in [-0.1, -0.05) is 0 Å². The molecule has 0 rings (SSSR count). The van der Waals surface area contributed by atoms with Gasteiger partial charge in [0.25, 0.3) is 0 Å². The summed E-state index contributed by atoms with van der Waals surface area (Å²) in [4.78, 5) is 0. The zero-order valence-corrected chi connectivity index (χ0v) is 12.0. The molecular formula is C8H24BNOSi2. The average Bonchev–Trinajstić information content (AvgIpc) is 1.81. The molecule has 1 N–H and O–H groups in total. The van der Waals surface area contributed by atoms with Crippen LogP contribution in [0.4, 0.5) is 0 Å². The van der Waals surface area contributed by atoms with Gasteiger partial charge in [0.05, 0.1) is 0 Å². The second kappa shape index (κ2) is 5.34. The van der Waals surface area contributed by atoms with E-state index in [9.17, 15) is 0 Å². The molecule has 0 aromatic rings. The second-order valence-corrected chi connectivity index (χ2v) is 14.2. The molecule has 0 unspecified atom stereocenters. The van der Waals surface area contributed by atoms with E-state index < -0.39 is 16.6 Å². The van der Waals surface area contributed by atoms with Crippen LogP contribution in [0.25, 0.3) is 0 Å². The molecule has 0 aliphatic carbocycles. The Morgan fingerprint density at radius 2 is 1.69 bits per heavy atom. The van der Waals surface area contributed by atoms with Crippen LogP contribution in [0.2, 0.25) is 38.8 Å². The fourth-order valence-electron chi connectivity index (χ4n) is 1.57. The second-order valence-electron chi connectivity index (χ2n) is 5.18. The van der Waals surface area contributed by atoms with E-state index >= 15 is 0 Å². The predicted octanol–water partition coefficient (Wildman–Crippen LogP) is 1.57. The average molecular weight is 217 g/mol. The van der Waals surface area contributed by atoms with Gasteiger partial charge in [-0.2, -0.15) is 0 Å². The Morgan fingerprint density at radius 1 is 1.15 bits per heavy atom. The zero-order valence-electron chi connectivity index (χ0n) is 10.0. The van der Waals surface area contributed by atoms with Gasteiger partial charge in [-0.3, -0.25) is 0 Å². The quantitative estimate of drug-likeness (QED) is 0.538. The van der Waals surface area contributed by atoms with E-state index in [1.807, 2.05) is 7.98 Å². The molecule has 0 bridgehead atoms. The minimum atomic E-state index is -1.35. The van der Waals surface area contributed by atoms with Crippen LogP contribution in [0.1, 0.15) is 6.42 Å². The van der Waals surface area contributed by atoms with Crippen molar-refractivity contribution in [2.24, 2.45) is 0 Å². The molecule has 0 saturated heterocycles. The van der Waals surface area contributed by atoms with Crippen molar-refractivity contribution < 1.29 is 4.12 Å². The van der Waals surface area contributed by atoms with Crippen LogP contribution < -0.4 is 5.23 Å². The van der Waals surface area contributed by atoms with Gasteiger partial charge in [0, 0.05) is 0 Å². The summed E-state index contributed by atoms with van der Waals surface area (Å²) in [6, 6.07) is 1.28. The molecule has 0 radical (unpaired) electrons. The minimum Gasteiger partial charge on any atom is -0.456 e. The lowest BCUT2D eigenvalue weighted by molar-refractivity contribution is 0.543. The van der Waals surface area contributed by atoms with Gasteiger partial charge in [-0.15, -0.1) is 0 Å². The molecule has 0 amide bonds. The maximum atomic E-state index is 6.22. The van der Waals surface area contributed by atoms with Crippen LogP contribution >= 0.6 is 0 Å². The Kier molecular flexibility index (Phi) is 5.51. The summed E-state index contributed by atoms with van der Waals surface area (Å²) in [6.07, 6.45) is 1.25. The predicted molar refractivity (Wildman–Crippen MR) is 67.9 cm³/mol. The van der Waals surface area contributed by atoms with E-state index in [0.29, 0.717) is 0 Å². The molecule has 0 aromatic carbocycles. The molecule has 78 valence electrons. The van der Waals surface area contributed by atoms with Crippen LogP contribution in [0.15, 0.2) is 0 Å². The molecule has 0 atom stereocenters. The van der Waals surface area contributed by atoms with E-state index in [0.717, 1.165) is 6.54 Å². The van der Waals surface area contributed by atoms with Gasteiger partial charge in [-0.05, 0) is 51.7 Å². The maximum absolute atomic E-state index is 6.22. The Morgan fingerprint density at radius 3 is 2.08 bits per heavy atom. The number of nitrogens with one attached hydrogen (secondary N) is 1. The summed E-state index contributed by atoms with van der Waals surface area (Å²) in [5.41, 5.74) is 0. The third kappa shape index (κ3) is 8.74. The molecule has 0 aliphatic rings. The van der Waals surface area contributed by atoms with Gasteiger partial charge < -0.3 is 9.34 Å². The van der Waals surface area contributed by atoms with Crippen molar-refractivity contribution >= 4 is 24.6 Å². The van der Waals surface area contributed by atoms with Crippen molar-refractivity contribution in [2.75, 3.05) is 6.54 Å². The van der Waals surface area contributed by atoms with E-state index in [1.54, 1.807) is 0 Å². The normalized spacial score (nSPS) is 13.3. The first-order valence-corrected chi connectivity index (χ1v) is 11.6. The van der Waals surface area contributed by atoms with Gasteiger partial charge >= 0.3 is 0 Å². The lowest BCUT2D eigenvalue weighted by Crippen LogP contribution is -2.42. The summed E-state index contributed by atoms with van der Waals surface area (Å²) in [5.74, 6) is 0. The number of hydrogen-bond acceptors (Lipinski definition) is 2. The highest BCUT2D eigenvalue weighted by atomic mass is 28.4. The summed E-state index contributed by atoms with van der Waals surface area (Å²) in [6.45, 7) is 12.6. The van der Waals surface area contributed by atoms with Gasteiger partial charge in [0.2, 0.25) is 0 Å². The Bertz CT molecular complexity index is 148. The molecule has 5 heteroatoms. The smallest absolute Gasteiger partial charge is 0.181 e. The van der Waals surface area contributed by atoms with Crippen LogP contribution in [0.3, 0.4) is 0 Å². The van der Waals surface area contributed by atoms with Gasteiger partial charge in [0.15, 0.2) is 24.6 Å². The molecule has 2 nitrogen and oxygen atoms in total. The first-order chi connectivity index (χ1) is 5.77. The van der Waals surface area contributed by atoms with Crippen molar-refractivity contribution in [2.45, 2.75) is 45.2 Å². The van der Waals surface area contributed by atoms with Crippen LogP contribution in [-0.2, 0) is 4.12 Å². The van der Waals surface area contributed by atoms with Crippen LogP contribution in [-0.4, -0.2) is 31.2 Å². The molecule has 0 fully saturated rings. The largest absolute Gasteiger partial charge is 0.456 e. The summed E-state index contributed by atoms with van der Waals surface area (Å²) in [5, 5.41) is 3.18. The van der Waals surface area contributed by atoms with Crippen LogP contribution in [0, 0.1) is 0 Å². The number of rotatable bonds is 6. The Balaban J connectivity index is 3.80. The van der Waals surface area contributed by atoms with E-state index in [-0.39, 0.29) is 0 Å². The van der Waals surface area contributed by atoms with E-state index in [1.165, 1.54) is 12.5 Å². The molecule has 13 heavy (non-hydrogen) atoms. The topological polar surface area (TPSA) is 21.3 Å². The Hall–Kier alpha value is 0.419. The highest BCUT2D eigenvalue weighted by Crippen LogP contribution is 2.19. The third-order valence-corrected chi connectivity index (χ3v) is 8.01. The fraction of sp³-hybridized carbons (Fsp3) is 1.00. The van der Waals surface area contributed by atoms with E-state index in [2.05, 4.69) is 38.0 Å².